The average molecular weight is 643 g/mol. The third-order valence-electron chi connectivity index (χ3n) is 8.03. The number of alkyl carbamates (subject to hydrolysis) is 1. The van der Waals surface area contributed by atoms with E-state index < -0.39 is 41.9 Å². The molecule has 0 bridgehead atoms. The first-order chi connectivity index (χ1) is 22.5. The third kappa shape index (κ3) is 9.60. The van der Waals surface area contributed by atoms with Gasteiger partial charge >= 0.3 is 6.09 Å². The SMILES string of the molecule is CC(C)(C)OC(=O)N[C@@H](Cc1ccccc1)[C@@H](O)C[C@H](Cc1ccc(OCc2nn[nH]n2)cc1)C(=O)N[C@H]1c2ccccc2C[C@H]1O. The number of tetrazole rings is 1. The van der Waals surface area contributed by atoms with Gasteiger partial charge in [-0.15, -0.1) is 10.2 Å². The molecule has 12 heteroatoms. The van der Waals surface area contributed by atoms with E-state index in [1.807, 2.05) is 66.7 Å². The minimum Gasteiger partial charge on any atom is -0.485 e. The average Bonchev–Trinajstić information content (AvgIpc) is 3.67. The Bertz CT molecular complexity index is 1590. The van der Waals surface area contributed by atoms with Crippen molar-refractivity contribution in [2.24, 2.45) is 5.92 Å². The van der Waals surface area contributed by atoms with Crippen LogP contribution in [0.1, 0.15) is 61.3 Å². The summed E-state index contributed by atoms with van der Waals surface area (Å²) in [6.07, 6.45) is -1.41. The third-order valence-corrected chi connectivity index (χ3v) is 8.03. The molecule has 5 rings (SSSR count). The normalized spacial score (nSPS) is 17.6. The highest BCUT2D eigenvalue weighted by Crippen LogP contribution is 2.32. The molecule has 0 saturated heterocycles. The predicted octanol–water partition coefficient (Wildman–Crippen LogP) is 3.60. The molecule has 47 heavy (non-hydrogen) atoms. The lowest BCUT2D eigenvalue weighted by Gasteiger charge is -2.29. The summed E-state index contributed by atoms with van der Waals surface area (Å²) in [7, 11) is 0. The van der Waals surface area contributed by atoms with Gasteiger partial charge in [0, 0.05) is 12.3 Å². The van der Waals surface area contributed by atoms with Crippen molar-refractivity contribution >= 4 is 12.0 Å². The minimum atomic E-state index is -1.10. The maximum Gasteiger partial charge on any atom is 0.407 e. The first-order valence-electron chi connectivity index (χ1n) is 15.8. The first-order valence-corrected chi connectivity index (χ1v) is 15.8. The molecule has 1 aliphatic rings. The van der Waals surface area contributed by atoms with Crippen molar-refractivity contribution in [3.8, 4) is 5.75 Å². The standard InChI is InChI=1S/C35H42N6O6/c1-35(2,3)47-34(45)36-28(18-22-9-5-4-6-10-22)29(42)20-25(33(44)37-32-27-12-8-7-11-24(27)19-30(32)43)17-23-13-15-26(16-14-23)46-21-31-38-40-41-39-31/h4-16,25,28-30,32,42-43H,17-21H2,1-3H3,(H,36,45)(H,37,44)(H,38,39,40,41)/t25-,28-,29-,30+,32-/m0/s1. The van der Waals surface area contributed by atoms with Gasteiger partial charge in [0.05, 0.1) is 24.3 Å². The Morgan fingerprint density at radius 3 is 2.38 bits per heavy atom. The van der Waals surface area contributed by atoms with Crippen molar-refractivity contribution in [1.29, 1.82) is 0 Å². The number of hydrogen-bond acceptors (Lipinski definition) is 9. The van der Waals surface area contributed by atoms with Crippen molar-refractivity contribution in [2.75, 3.05) is 0 Å². The fourth-order valence-electron chi connectivity index (χ4n) is 5.77. The summed E-state index contributed by atoms with van der Waals surface area (Å²) < 4.78 is 11.2. The second-order valence-corrected chi connectivity index (χ2v) is 12.9. The molecule has 0 saturated carbocycles. The molecule has 3 aromatic carbocycles. The highest BCUT2D eigenvalue weighted by atomic mass is 16.6. The van der Waals surface area contributed by atoms with E-state index in [4.69, 9.17) is 9.47 Å². The number of carbonyl (C=O) groups excluding carboxylic acids is 2. The maximum atomic E-state index is 14.0. The summed E-state index contributed by atoms with van der Waals surface area (Å²) in [6, 6.07) is 23.2. The zero-order valence-electron chi connectivity index (χ0n) is 26.8. The number of aromatic amines is 1. The Morgan fingerprint density at radius 2 is 1.68 bits per heavy atom. The Labute approximate surface area is 273 Å². The van der Waals surface area contributed by atoms with E-state index in [0.717, 1.165) is 22.3 Å². The largest absolute Gasteiger partial charge is 0.485 e. The minimum absolute atomic E-state index is 0.0413. The van der Waals surface area contributed by atoms with Crippen molar-refractivity contribution in [3.05, 3.63) is 107 Å². The molecule has 248 valence electrons. The number of fused-ring (bicyclic) bond motifs is 1. The summed E-state index contributed by atoms with van der Waals surface area (Å²) in [6.45, 7) is 5.46. The molecular weight excluding hydrogens is 600 g/mol. The van der Waals surface area contributed by atoms with Gasteiger partial charge in [0.2, 0.25) is 11.7 Å². The number of nitrogens with one attached hydrogen (secondary N) is 3. The van der Waals surface area contributed by atoms with Crippen molar-refractivity contribution in [3.63, 3.8) is 0 Å². The summed E-state index contributed by atoms with van der Waals surface area (Å²) in [5, 5.41) is 42.1. The second-order valence-electron chi connectivity index (χ2n) is 12.9. The van der Waals surface area contributed by atoms with Gasteiger partial charge in [-0.2, -0.15) is 5.21 Å². The fraction of sp³-hybridized carbons (Fsp3) is 0.400. The van der Waals surface area contributed by atoms with Gasteiger partial charge in [-0.1, -0.05) is 71.9 Å². The summed E-state index contributed by atoms with van der Waals surface area (Å²) >= 11 is 0. The Balaban J connectivity index is 1.35. The van der Waals surface area contributed by atoms with Crippen LogP contribution < -0.4 is 15.4 Å². The number of benzene rings is 3. The lowest BCUT2D eigenvalue weighted by atomic mass is 9.88. The quantitative estimate of drug-likeness (QED) is 0.146. The highest BCUT2D eigenvalue weighted by molar-refractivity contribution is 5.80. The van der Waals surface area contributed by atoms with Crippen molar-refractivity contribution < 1.29 is 29.3 Å². The summed E-state index contributed by atoms with van der Waals surface area (Å²) in [5.41, 5.74) is 2.90. The van der Waals surface area contributed by atoms with Crippen molar-refractivity contribution in [2.45, 2.75) is 83.0 Å². The van der Waals surface area contributed by atoms with Crippen LogP contribution in [0.25, 0.3) is 0 Å². The summed E-state index contributed by atoms with van der Waals surface area (Å²) in [5.74, 6) is 0.00279. The molecule has 5 atom stereocenters. The van der Waals surface area contributed by atoms with Crippen LogP contribution in [0.2, 0.25) is 0 Å². The lowest BCUT2D eigenvalue weighted by Crippen LogP contribution is -2.48. The number of H-pyrrole nitrogens is 1. The number of rotatable bonds is 13. The zero-order valence-corrected chi connectivity index (χ0v) is 26.8. The monoisotopic (exact) mass is 642 g/mol. The molecule has 0 aliphatic heterocycles. The molecule has 12 nitrogen and oxygen atoms in total. The molecule has 5 N–H and O–H groups in total. The number of aliphatic hydroxyl groups is 2. The Morgan fingerprint density at radius 1 is 0.979 bits per heavy atom. The number of carbonyl (C=O) groups is 2. The second kappa shape index (κ2) is 15.2. The topological polar surface area (TPSA) is 172 Å². The lowest BCUT2D eigenvalue weighted by molar-refractivity contribution is -0.127. The number of aliphatic hydroxyl groups excluding tert-OH is 2. The number of amides is 2. The van der Waals surface area contributed by atoms with Gasteiger partial charge < -0.3 is 30.3 Å². The van der Waals surface area contributed by atoms with Crippen LogP contribution in [-0.4, -0.2) is 66.7 Å². The van der Waals surface area contributed by atoms with E-state index in [-0.39, 0.29) is 18.9 Å². The predicted molar refractivity (Wildman–Crippen MR) is 173 cm³/mol. The molecule has 2 amide bonds. The smallest absolute Gasteiger partial charge is 0.407 e. The van der Waals surface area contributed by atoms with Gasteiger partial charge in [-0.05, 0) is 74.4 Å². The van der Waals surface area contributed by atoms with Crippen LogP contribution in [0.3, 0.4) is 0 Å². The van der Waals surface area contributed by atoms with Gasteiger partial charge in [-0.25, -0.2) is 4.79 Å². The molecule has 1 heterocycles. The molecule has 0 unspecified atom stereocenters. The molecular formula is C35H42N6O6. The van der Waals surface area contributed by atoms with Crippen LogP contribution in [0.15, 0.2) is 78.9 Å². The van der Waals surface area contributed by atoms with Gasteiger partial charge in [0.1, 0.15) is 11.4 Å². The van der Waals surface area contributed by atoms with E-state index in [2.05, 4.69) is 31.3 Å². The maximum absolute atomic E-state index is 14.0. The van der Waals surface area contributed by atoms with Crippen LogP contribution >= 0.6 is 0 Å². The van der Waals surface area contributed by atoms with Crippen LogP contribution in [0.4, 0.5) is 4.79 Å². The fourth-order valence-corrected chi connectivity index (χ4v) is 5.77. The van der Waals surface area contributed by atoms with Gasteiger partial charge in [0.25, 0.3) is 0 Å². The molecule has 4 aromatic rings. The van der Waals surface area contributed by atoms with Gasteiger partial charge in [0.15, 0.2) is 6.61 Å². The van der Waals surface area contributed by atoms with E-state index in [1.165, 1.54) is 0 Å². The molecule has 1 aliphatic carbocycles. The van der Waals surface area contributed by atoms with E-state index >= 15 is 0 Å². The van der Waals surface area contributed by atoms with Crippen LogP contribution in [0, 0.1) is 5.92 Å². The van der Waals surface area contributed by atoms with Gasteiger partial charge in [-0.3, -0.25) is 4.79 Å². The highest BCUT2D eigenvalue weighted by Gasteiger charge is 2.35. The van der Waals surface area contributed by atoms with E-state index in [1.54, 1.807) is 32.9 Å². The first kappa shape index (κ1) is 33.6. The zero-order chi connectivity index (χ0) is 33.4. The van der Waals surface area contributed by atoms with Crippen molar-refractivity contribution in [1.82, 2.24) is 31.3 Å². The molecule has 0 radical (unpaired) electrons. The van der Waals surface area contributed by atoms with Crippen LogP contribution in [-0.2, 0) is 35.4 Å². The van der Waals surface area contributed by atoms with E-state index in [0.29, 0.717) is 30.8 Å². The Hall–Kier alpha value is -4.81. The number of nitrogens with zero attached hydrogens (tertiary/aromatic N) is 3. The number of hydrogen-bond donors (Lipinski definition) is 5. The molecule has 0 spiro atoms. The number of aromatic nitrogens is 4. The van der Waals surface area contributed by atoms with E-state index in [9.17, 15) is 19.8 Å². The number of ether oxygens (including phenoxy) is 2. The Kier molecular flexibility index (Phi) is 10.8. The molecule has 1 aromatic heterocycles. The van der Waals surface area contributed by atoms with Crippen LogP contribution in [0.5, 0.6) is 5.75 Å². The molecule has 0 fully saturated rings. The summed E-state index contributed by atoms with van der Waals surface area (Å²) in [4.78, 5) is 26.8.